The predicted octanol–water partition coefficient (Wildman–Crippen LogP) is 5.28. The van der Waals surface area contributed by atoms with Gasteiger partial charge in [-0.2, -0.15) is 9.78 Å². The van der Waals surface area contributed by atoms with Crippen LogP contribution in [0.2, 0.25) is 0 Å². The summed E-state index contributed by atoms with van der Waals surface area (Å²) in [7, 11) is 1.61. The number of hydrogen-bond acceptors (Lipinski definition) is 6. The lowest BCUT2D eigenvalue weighted by Crippen LogP contribution is -2.15. The highest BCUT2D eigenvalue weighted by Crippen LogP contribution is 2.30. The molecule has 3 aromatic carbocycles. The molecule has 8 heteroatoms. The number of aryl methyl sites for hydroxylation is 1. The Bertz CT molecular complexity index is 1500. The molecular weight excluding hydrogens is 448 g/mol. The van der Waals surface area contributed by atoms with E-state index in [1.54, 1.807) is 54.3 Å². The third kappa shape index (κ3) is 4.18. The SMILES string of the molecule is COc1ccc2sc(-n3nc(C)cc3NC(=O)c3ccc(C(=O)c4ccccc4)cc3)nc2c1. The van der Waals surface area contributed by atoms with E-state index in [-0.39, 0.29) is 11.7 Å². The van der Waals surface area contributed by atoms with Gasteiger partial charge >= 0.3 is 0 Å². The molecule has 0 fully saturated rings. The van der Waals surface area contributed by atoms with Crippen molar-refractivity contribution < 1.29 is 14.3 Å². The zero-order valence-electron chi connectivity index (χ0n) is 18.5. The van der Waals surface area contributed by atoms with Crippen LogP contribution >= 0.6 is 11.3 Å². The second-order valence-electron chi connectivity index (χ2n) is 7.64. The Balaban J connectivity index is 1.38. The maximum Gasteiger partial charge on any atom is 0.256 e. The molecule has 5 aromatic rings. The summed E-state index contributed by atoms with van der Waals surface area (Å²) in [5, 5.41) is 8.06. The van der Waals surface area contributed by atoms with Gasteiger partial charge in [0.25, 0.3) is 5.91 Å². The van der Waals surface area contributed by atoms with Gasteiger partial charge in [0.05, 0.1) is 23.0 Å². The first-order valence-corrected chi connectivity index (χ1v) is 11.4. The average Bonchev–Trinajstić information content (AvgIpc) is 3.46. The molecule has 7 nitrogen and oxygen atoms in total. The van der Waals surface area contributed by atoms with Gasteiger partial charge in [0.1, 0.15) is 11.6 Å². The summed E-state index contributed by atoms with van der Waals surface area (Å²) < 4.78 is 7.89. The number of thiazole rings is 1. The van der Waals surface area contributed by atoms with Crippen molar-refractivity contribution >= 4 is 39.1 Å². The number of aromatic nitrogens is 3. The van der Waals surface area contributed by atoms with Crippen LogP contribution in [0.3, 0.4) is 0 Å². The smallest absolute Gasteiger partial charge is 0.256 e. The molecule has 5 rings (SSSR count). The van der Waals surface area contributed by atoms with E-state index in [9.17, 15) is 9.59 Å². The highest BCUT2D eigenvalue weighted by atomic mass is 32.1. The van der Waals surface area contributed by atoms with Crippen LogP contribution in [0.15, 0.2) is 78.9 Å². The molecule has 0 bridgehead atoms. The summed E-state index contributed by atoms with van der Waals surface area (Å²) in [4.78, 5) is 30.2. The second-order valence-corrected chi connectivity index (χ2v) is 8.65. The van der Waals surface area contributed by atoms with Crippen LogP contribution < -0.4 is 10.1 Å². The Morgan fingerprint density at radius 1 is 0.912 bits per heavy atom. The highest BCUT2D eigenvalue weighted by Gasteiger charge is 2.16. The summed E-state index contributed by atoms with van der Waals surface area (Å²) >= 11 is 1.47. The van der Waals surface area contributed by atoms with E-state index in [1.165, 1.54) is 11.3 Å². The van der Waals surface area contributed by atoms with Crippen LogP contribution in [-0.2, 0) is 0 Å². The van der Waals surface area contributed by atoms with Crippen molar-refractivity contribution in [3.05, 3.63) is 101 Å². The zero-order chi connectivity index (χ0) is 23.7. The van der Waals surface area contributed by atoms with E-state index in [4.69, 9.17) is 4.74 Å². The van der Waals surface area contributed by atoms with Gasteiger partial charge in [-0.1, -0.05) is 53.8 Å². The molecule has 1 amide bonds. The van der Waals surface area contributed by atoms with Gasteiger partial charge in [-0.25, -0.2) is 4.98 Å². The highest BCUT2D eigenvalue weighted by molar-refractivity contribution is 7.20. The van der Waals surface area contributed by atoms with Crippen molar-refractivity contribution in [3.8, 4) is 10.9 Å². The van der Waals surface area contributed by atoms with Gasteiger partial charge in [0, 0.05) is 28.8 Å². The largest absolute Gasteiger partial charge is 0.497 e. The number of nitrogens with one attached hydrogen (secondary N) is 1. The summed E-state index contributed by atoms with van der Waals surface area (Å²) in [6.07, 6.45) is 0. The van der Waals surface area contributed by atoms with Crippen LogP contribution in [0, 0.1) is 6.92 Å². The number of ether oxygens (including phenoxy) is 1. The molecule has 1 N–H and O–H groups in total. The van der Waals surface area contributed by atoms with Crippen molar-refractivity contribution in [1.29, 1.82) is 0 Å². The van der Waals surface area contributed by atoms with E-state index in [1.807, 2.05) is 43.3 Å². The minimum Gasteiger partial charge on any atom is -0.497 e. The molecule has 2 heterocycles. The Labute approximate surface area is 199 Å². The van der Waals surface area contributed by atoms with E-state index in [0.29, 0.717) is 27.6 Å². The van der Waals surface area contributed by atoms with Crippen LogP contribution in [-0.4, -0.2) is 33.6 Å². The van der Waals surface area contributed by atoms with Gasteiger partial charge < -0.3 is 10.1 Å². The lowest BCUT2D eigenvalue weighted by Gasteiger charge is -2.07. The van der Waals surface area contributed by atoms with Gasteiger partial charge in [-0.05, 0) is 31.2 Å². The first-order chi connectivity index (χ1) is 16.5. The summed E-state index contributed by atoms with van der Waals surface area (Å²) in [6.45, 7) is 1.85. The number of rotatable bonds is 6. The molecule has 0 atom stereocenters. The number of amides is 1. The Hall–Kier alpha value is -4.30. The van der Waals surface area contributed by atoms with Crippen molar-refractivity contribution in [1.82, 2.24) is 14.8 Å². The maximum atomic E-state index is 12.9. The Morgan fingerprint density at radius 2 is 1.62 bits per heavy atom. The average molecular weight is 469 g/mol. The minimum absolute atomic E-state index is 0.0891. The Morgan fingerprint density at radius 3 is 2.35 bits per heavy atom. The predicted molar refractivity (Wildman–Crippen MR) is 132 cm³/mol. The van der Waals surface area contributed by atoms with Crippen LogP contribution in [0.1, 0.15) is 32.0 Å². The first kappa shape index (κ1) is 21.5. The number of ketones is 1. The second kappa shape index (κ2) is 8.92. The molecule has 0 saturated heterocycles. The molecule has 168 valence electrons. The number of benzene rings is 3. The third-order valence-electron chi connectivity index (χ3n) is 5.28. The summed E-state index contributed by atoms with van der Waals surface area (Å²) in [5.74, 6) is 0.845. The first-order valence-electron chi connectivity index (χ1n) is 10.5. The summed E-state index contributed by atoms with van der Waals surface area (Å²) in [6, 6.07) is 23.1. The molecular formula is C26H20N4O3S. The van der Waals surface area contributed by atoms with Gasteiger partial charge in [0.15, 0.2) is 5.78 Å². The lowest BCUT2D eigenvalue weighted by molar-refractivity contribution is 0.101. The fourth-order valence-corrected chi connectivity index (χ4v) is 4.48. The van der Waals surface area contributed by atoms with Crippen molar-refractivity contribution in [3.63, 3.8) is 0 Å². The number of carbonyl (C=O) groups excluding carboxylic acids is 2. The number of fused-ring (bicyclic) bond motifs is 1. The molecule has 0 unspecified atom stereocenters. The van der Waals surface area contributed by atoms with Crippen molar-refractivity contribution in [2.75, 3.05) is 12.4 Å². The fourth-order valence-electron chi connectivity index (χ4n) is 3.56. The van der Waals surface area contributed by atoms with E-state index < -0.39 is 0 Å². The standard InChI is InChI=1S/C26H20N4O3S/c1-16-14-23(30(29-16)26-27-21-15-20(33-2)12-13-22(21)34-26)28-25(32)19-10-8-18(9-11-19)24(31)17-6-4-3-5-7-17/h3-15H,1-2H3,(H,28,32). The molecule has 0 aliphatic rings. The normalized spacial score (nSPS) is 10.9. The lowest BCUT2D eigenvalue weighted by atomic mass is 10.0. The molecule has 0 spiro atoms. The van der Waals surface area contributed by atoms with Crippen LogP contribution in [0.5, 0.6) is 5.75 Å². The molecule has 0 radical (unpaired) electrons. The van der Waals surface area contributed by atoms with Crippen molar-refractivity contribution in [2.45, 2.75) is 6.92 Å². The zero-order valence-corrected chi connectivity index (χ0v) is 19.3. The fraction of sp³-hybridized carbons (Fsp3) is 0.0769. The Kier molecular flexibility index (Phi) is 5.65. The van der Waals surface area contributed by atoms with Crippen LogP contribution in [0.25, 0.3) is 15.3 Å². The maximum absolute atomic E-state index is 12.9. The molecule has 34 heavy (non-hydrogen) atoms. The third-order valence-corrected chi connectivity index (χ3v) is 6.29. The quantitative estimate of drug-likeness (QED) is 0.343. The number of nitrogens with zero attached hydrogens (tertiary/aromatic N) is 3. The number of carbonyl (C=O) groups is 2. The van der Waals surface area contributed by atoms with E-state index in [2.05, 4.69) is 15.4 Å². The number of methoxy groups -OCH3 is 1. The molecule has 2 aromatic heterocycles. The van der Waals surface area contributed by atoms with Gasteiger partial charge in [0.2, 0.25) is 5.13 Å². The van der Waals surface area contributed by atoms with Crippen LogP contribution in [0.4, 0.5) is 5.82 Å². The molecule has 0 aliphatic heterocycles. The van der Waals surface area contributed by atoms with Gasteiger partial charge in [-0.3, -0.25) is 9.59 Å². The monoisotopic (exact) mass is 468 g/mol. The topological polar surface area (TPSA) is 86.1 Å². The summed E-state index contributed by atoms with van der Waals surface area (Å²) in [5.41, 5.74) is 3.10. The van der Waals surface area contributed by atoms with E-state index in [0.717, 1.165) is 21.7 Å². The number of anilines is 1. The van der Waals surface area contributed by atoms with Gasteiger partial charge in [-0.15, -0.1) is 0 Å². The molecule has 0 saturated carbocycles. The van der Waals surface area contributed by atoms with Crippen molar-refractivity contribution in [2.24, 2.45) is 0 Å². The minimum atomic E-state index is -0.303. The van der Waals surface area contributed by atoms with E-state index >= 15 is 0 Å². The number of hydrogen-bond donors (Lipinski definition) is 1. The molecule has 0 aliphatic carbocycles.